The Balaban J connectivity index is 2.03. The molecule has 1 nitrogen and oxygen atoms in total. The van der Waals surface area contributed by atoms with Gasteiger partial charge < -0.3 is 4.98 Å². The van der Waals surface area contributed by atoms with Gasteiger partial charge in [-0.15, -0.1) is 0 Å². The van der Waals surface area contributed by atoms with E-state index in [-0.39, 0.29) is 5.92 Å². The molecule has 0 aliphatic rings. The number of H-pyrrole nitrogens is 1. The van der Waals surface area contributed by atoms with E-state index < -0.39 is 11.7 Å². The van der Waals surface area contributed by atoms with Gasteiger partial charge in [-0.2, -0.15) is 24.9 Å². The lowest BCUT2D eigenvalue weighted by molar-refractivity contribution is -0.137. The van der Waals surface area contributed by atoms with Crippen LogP contribution in [0.1, 0.15) is 47.9 Å². The molecule has 1 atom stereocenters. The number of aromatic amines is 1. The number of fused-ring (bicyclic) bond motifs is 1. The van der Waals surface area contributed by atoms with Crippen molar-refractivity contribution in [1.29, 1.82) is 0 Å². The zero-order chi connectivity index (χ0) is 18.7. The standard InChI is InChI=1S/C21H22F3NS/c1-3-5-17(14-8-10-16(11-9-14)21(22,23)24)19-12-25-20-15(13-26-2)6-4-7-18(19)20/h4,6-12,17,25H,3,5,13H2,1-2H3. The van der Waals surface area contributed by atoms with Gasteiger partial charge in [0.25, 0.3) is 0 Å². The van der Waals surface area contributed by atoms with Crippen molar-refractivity contribution in [3.63, 3.8) is 0 Å². The number of rotatable bonds is 6. The van der Waals surface area contributed by atoms with Crippen LogP contribution in [0.25, 0.3) is 10.9 Å². The number of thioether (sulfide) groups is 1. The summed E-state index contributed by atoms with van der Waals surface area (Å²) >= 11 is 1.77. The third-order valence-electron chi connectivity index (χ3n) is 4.73. The fraction of sp³-hybridized carbons (Fsp3) is 0.333. The molecule has 0 amide bonds. The highest BCUT2D eigenvalue weighted by molar-refractivity contribution is 7.97. The van der Waals surface area contributed by atoms with Crippen molar-refractivity contribution in [2.75, 3.05) is 6.26 Å². The van der Waals surface area contributed by atoms with Crippen LogP contribution in [-0.4, -0.2) is 11.2 Å². The quantitative estimate of drug-likeness (QED) is 0.490. The Morgan fingerprint density at radius 1 is 1.08 bits per heavy atom. The number of benzene rings is 2. The molecule has 0 fully saturated rings. The molecular weight excluding hydrogens is 355 g/mol. The van der Waals surface area contributed by atoms with Crippen molar-refractivity contribution in [2.24, 2.45) is 0 Å². The fourth-order valence-corrected chi connectivity index (χ4v) is 4.05. The summed E-state index contributed by atoms with van der Waals surface area (Å²) in [7, 11) is 0. The number of alkyl halides is 3. The van der Waals surface area contributed by atoms with Crippen LogP contribution in [0.15, 0.2) is 48.7 Å². The molecule has 138 valence electrons. The molecule has 5 heteroatoms. The first-order chi connectivity index (χ1) is 12.5. The summed E-state index contributed by atoms with van der Waals surface area (Å²) in [5.41, 5.74) is 3.87. The minimum absolute atomic E-state index is 0.0839. The Kier molecular flexibility index (Phi) is 5.66. The molecule has 0 saturated carbocycles. The molecule has 3 aromatic rings. The van der Waals surface area contributed by atoms with Gasteiger partial charge in [0, 0.05) is 28.8 Å². The van der Waals surface area contributed by atoms with Crippen molar-refractivity contribution in [3.8, 4) is 0 Å². The van der Waals surface area contributed by atoms with E-state index in [0.29, 0.717) is 0 Å². The Labute approximate surface area is 156 Å². The molecule has 3 rings (SSSR count). The topological polar surface area (TPSA) is 15.8 Å². The Hall–Kier alpha value is -1.88. The monoisotopic (exact) mass is 377 g/mol. The number of aromatic nitrogens is 1. The van der Waals surface area contributed by atoms with Crippen LogP contribution in [0, 0.1) is 0 Å². The summed E-state index contributed by atoms with van der Waals surface area (Å²) in [6, 6.07) is 11.9. The van der Waals surface area contributed by atoms with Crippen molar-refractivity contribution >= 4 is 22.7 Å². The van der Waals surface area contributed by atoms with E-state index >= 15 is 0 Å². The second kappa shape index (κ2) is 7.78. The van der Waals surface area contributed by atoms with Gasteiger partial charge in [0.15, 0.2) is 0 Å². The maximum atomic E-state index is 12.9. The van der Waals surface area contributed by atoms with Crippen molar-refractivity contribution in [2.45, 2.75) is 37.6 Å². The second-order valence-electron chi connectivity index (χ2n) is 6.48. The summed E-state index contributed by atoms with van der Waals surface area (Å²) in [6.45, 7) is 2.10. The zero-order valence-corrected chi connectivity index (χ0v) is 15.7. The summed E-state index contributed by atoms with van der Waals surface area (Å²) in [5.74, 6) is 1.01. The SMILES string of the molecule is CCCC(c1ccc(C(F)(F)F)cc1)c1c[nH]c2c(CSC)cccc12. The number of hydrogen-bond donors (Lipinski definition) is 1. The van der Waals surface area contributed by atoms with Gasteiger partial charge >= 0.3 is 6.18 Å². The summed E-state index contributed by atoms with van der Waals surface area (Å²) in [6.07, 6.45) is 1.65. The van der Waals surface area contributed by atoms with Gasteiger partial charge in [0.1, 0.15) is 0 Å². The summed E-state index contributed by atoms with van der Waals surface area (Å²) in [5, 5.41) is 1.16. The molecule has 1 unspecified atom stereocenters. The third kappa shape index (κ3) is 3.78. The van der Waals surface area contributed by atoms with Crippen LogP contribution < -0.4 is 0 Å². The molecule has 1 heterocycles. The van der Waals surface area contributed by atoms with Gasteiger partial charge in [-0.25, -0.2) is 0 Å². The first-order valence-corrected chi connectivity index (χ1v) is 10.1. The molecule has 0 aliphatic carbocycles. The van der Waals surface area contributed by atoms with Crippen molar-refractivity contribution < 1.29 is 13.2 Å². The van der Waals surface area contributed by atoms with E-state index in [1.54, 1.807) is 23.9 Å². The lowest BCUT2D eigenvalue weighted by atomic mass is 9.87. The number of hydrogen-bond acceptors (Lipinski definition) is 1. The van der Waals surface area contributed by atoms with Gasteiger partial charge in [-0.05, 0) is 41.5 Å². The largest absolute Gasteiger partial charge is 0.416 e. The van der Waals surface area contributed by atoms with Crippen LogP contribution in [0.2, 0.25) is 0 Å². The number of nitrogens with one attached hydrogen (secondary N) is 1. The van der Waals surface area contributed by atoms with Crippen molar-refractivity contribution in [3.05, 3.63) is 70.9 Å². The highest BCUT2D eigenvalue weighted by atomic mass is 32.2. The summed E-state index contributed by atoms with van der Waals surface area (Å²) in [4.78, 5) is 3.39. The Bertz CT molecular complexity index is 865. The van der Waals surface area contributed by atoms with Crippen LogP contribution in [0.5, 0.6) is 0 Å². The molecule has 26 heavy (non-hydrogen) atoms. The molecule has 0 saturated heterocycles. The van der Waals surface area contributed by atoms with Crippen LogP contribution in [0.3, 0.4) is 0 Å². The number of para-hydroxylation sites is 1. The van der Waals surface area contributed by atoms with Crippen molar-refractivity contribution in [1.82, 2.24) is 4.98 Å². The molecule has 0 radical (unpaired) electrons. The van der Waals surface area contributed by atoms with Crippen LogP contribution in [0.4, 0.5) is 13.2 Å². The average molecular weight is 377 g/mol. The molecule has 2 aromatic carbocycles. The highest BCUT2D eigenvalue weighted by Gasteiger charge is 2.30. The third-order valence-corrected chi connectivity index (χ3v) is 5.33. The molecule has 0 spiro atoms. The minimum Gasteiger partial charge on any atom is -0.361 e. The Morgan fingerprint density at radius 2 is 1.81 bits per heavy atom. The first-order valence-electron chi connectivity index (χ1n) is 8.70. The predicted octanol–water partition coefficient (Wildman–Crippen LogP) is 6.98. The number of halogens is 3. The molecule has 0 aliphatic heterocycles. The van der Waals surface area contributed by atoms with Gasteiger partial charge in [-0.3, -0.25) is 0 Å². The van der Waals surface area contributed by atoms with E-state index in [2.05, 4.69) is 36.4 Å². The van der Waals surface area contributed by atoms with Gasteiger partial charge in [0.2, 0.25) is 0 Å². The maximum absolute atomic E-state index is 12.9. The van der Waals surface area contributed by atoms with E-state index in [9.17, 15) is 13.2 Å². The smallest absolute Gasteiger partial charge is 0.361 e. The van der Waals surface area contributed by atoms with E-state index in [0.717, 1.165) is 40.6 Å². The zero-order valence-electron chi connectivity index (χ0n) is 14.9. The first kappa shape index (κ1) is 18.9. The average Bonchev–Trinajstić information content (AvgIpc) is 3.04. The highest BCUT2D eigenvalue weighted by Crippen LogP contribution is 2.37. The molecule has 1 aromatic heterocycles. The van der Waals surface area contributed by atoms with E-state index in [1.807, 2.05) is 6.20 Å². The predicted molar refractivity (Wildman–Crippen MR) is 104 cm³/mol. The van der Waals surface area contributed by atoms with E-state index in [1.165, 1.54) is 17.7 Å². The Morgan fingerprint density at radius 3 is 2.42 bits per heavy atom. The molecular formula is C21H22F3NS. The summed E-state index contributed by atoms with van der Waals surface area (Å²) < 4.78 is 38.6. The normalized spacial score (nSPS) is 13.3. The van der Waals surface area contributed by atoms with E-state index in [4.69, 9.17) is 0 Å². The van der Waals surface area contributed by atoms with Gasteiger partial charge in [0.05, 0.1) is 5.56 Å². The van der Waals surface area contributed by atoms with Crippen LogP contribution >= 0.6 is 11.8 Å². The van der Waals surface area contributed by atoms with Gasteiger partial charge in [-0.1, -0.05) is 43.7 Å². The maximum Gasteiger partial charge on any atom is 0.416 e. The lowest BCUT2D eigenvalue weighted by Gasteiger charge is -2.17. The molecule has 0 bridgehead atoms. The van der Waals surface area contributed by atoms with Crippen LogP contribution in [-0.2, 0) is 11.9 Å². The molecule has 1 N–H and O–H groups in total. The lowest BCUT2D eigenvalue weighted by Crippen LogP contribution is -2.06. The fourth-order valence-electron chi connectivity index (χ4n) is 3.50. The minimum atomic E-state index is -4.30. The second-order valence-corrected chi connectivity index (χ2v) is 7.34.